The van der Waals surface area contributed by atoms with Crippen LogP contribution < -0.4 is 16.7 Å². The highest BCUT2D eigenvalue weighted by atomic mass is 32.2. The molecule has 0 aliphatic rings. The van der Waals surface area contributed by atoms with Crippen molar-refractivity contribution in [3.05, 3.63) is 92.4 Å². The Labute approximate surface area is 161 Å². The summed E-state index contributed by atoms with van der Waals surface area (Å²) in [6.07, 6.45) is 1.19. The van der Waals surface area contributed by atoms with Crippen LogP contribution in [0.3, 0.4) is 0 Å². The van der Waals surface area contributed by atoms with Crippen molar-refractivity contribution in [1.29, 1.82) is 0 Å². The number of hydrogen-bond donors (Lipinski definition) is 3. The number of aromatic nitrogens is 3. The molecule has 3 N–H and O–H groups in total. The standard InChI is InChI=1S/C18H14FN5O3S/c19-13-9-5-4-8-12(13)10-20-22-15(25)14(11-6-2-1-3-7-11)28-17-16(26)21-18(27)24-23-17/h1-10,14H,(H,22,25)(H2,21,24,26,27)/b20-10-. The summed E-state index contributed by atoms with van der Waals surface area (Å²) < 4.78 is 13.6. The monoisotopic (exact) mass is 399 g/mol. The SMILES string of the molecule is O=C(N/N=C\c1ccccc1F)C(Sc1n[nH]c(=O)[nH]c1=O)c1ccccc1. The van der Waals surface area contributed by atoms with Crippen LogP contribution in [-0.4, -0.2) is 27.3 Å². The molecule has 8 nitrogen and oxygen atoms in total. The second-order valence-corrected chi connectivity index (χ2v) is 6.57. The molecule has 1 atom stereocenters. The molecule has 0 saturated carbocycles. The Morgan fingerprint density at radius 3 is 2.57 bits per heavy atom. The van der Waals surface area contributed by atoms with Crippen LogP contribution in [0.2, 0.25) is 0 Å². The number of nitrogens with one attached hydrogen (secondary N) is 3. The van der Waals surface area contributed by atoms with E-state index in [-0.39, 0.29) is 10.6 Å². The third kappa shape index (κ3) is 4.80. The van der Waals surface area contributed by atoms with Crippen LogP contribution in [0.1, 0.15) is 16.4 Å². The van der Waals surface area contributed by atoms with Gasteiger partial charge in [0.25, 0.3) is 11.5 Å². The van der Waals surface area contributed by atoms with Crippen LogP contribution in [-0.2, 0) is 4.79 Å². The third-order valence-electron chi connectivity index (χ3n) is 3.53. The van der Waals surface area contributed by atoms with Crippen molar-refractivity contribution in [2.75, 3.05) is 0 Å². The van der Waals surface area contributed by atoms with Crippen molar-refractivity contribution in [3.8, 4) is 0 Å². The summed E-state index contributed by atoms with van der Waals surface area (Å²) in [5, 5.41) is 8.63. The topological polar surface area (TPSA) is 120 Å². The van der Waals surface area contributed by atoms with Gasteiger partial charge in [-0.3, -0.25) is 14.6 Å². The first-order valence-corrected chi connectivity index (χ1v) is 8.90. The molecule has 3 rings (SSSR count). The molecule has 28 heavy (non-hydrogen) atoms. The summed E-state index contributed by atoms with van der Waals surface area (Å²) in [6.45, 7) is 0. The number of carbonyl (C=O) groups is 1. The molecule has 10 heteroatoms. The minimum atomic E-state index is -0.876. The minimum absolute atomic E-state index is 0.0818. The first-order chi connectivity index (χ1) is 13.5. The van der Waals surface area contributed by atoms with Crippen molar-refractivity contribution in [3.63, 3.8) is 0 Å². The zero-order valence-corrected chi connectivity index (χ0v) is 15.1. The Kier molecular flexibility index (Phi) is 6.12. The Hall–Kier alpha value is -3.53. The molecule has 0 aliphatic carbocycles. The van der Waals surface area contributed by atoms with Gasteiger partial charge in [0, 0.05) is 5.56 Å². The molecule has 0 spiro atoms. The van der Waals surface area contributed by atoms with E-state index in [2.05, 4.69) is 25.7 Å². The normalized spacial score (nSPS) is 12.0. The number of thioether (sulfide) groups is 1. The van der Waals surface area contributed by atoms with Gasteiger partial charge in [0.05, 0.1) is 6.21 Å². The molecule has 0 aliphatic heterocycles. The Morgan fingerprint density at radius 1 is 1.14 bits per heavy atom. The summed E-state index contributed by atoms with van der Waals surface area (Å²) in [4.78, 5) is 37.7. The summed E-state index contributed by atoms with van der Waals surface area (Å²) in [7, 11) is 0. The number of H-pyrrole nitrogens is 2. The maximum absolute atomic E-state index is 13.6. The number of benzene rings is 2. The fourth-order valence-electron chi connectivity index (χ4n) is 2.23. The molecule has 1 aromatic heterocycles. The number of carbonyl (C=O) groups excluding carboxylic acids is 1. The van der Waals surface area contributed by atoms with E-state index in [0.717, 1.165) is 11.8 Å². The van der Waals surface area contributed by atoms with E-state index >= 15 is 0 Å². The third-order valence-corrected chi connectivity index (χ3v) is 4.76. The highest BCUT2D eigenvalue weighted by Crippen LogP contribution is 2.32. The number of amides is 1. The van der Waals surface area contributed by atoms with Crippen molar-refractivity contribution in [1.82, 2.24) is 20.6 Å². The lowest BCUT2D eigenvalue weighted by Gasteiger charge is -2.14. The number of aromatic amines is 2. The van der Waals surface area contributed by atoms with Crippen LogP contribution in [0.15, 0.2) is 74.3 Å². The van der Waals surface area contributed by atoms with Crippen LogP contribution >= 0.6 is 11.8 Å². The molecule has 0 radical (unpaired) electrons. The Morgan fingerprint density at radius 2 is 1.86 bits per heavy atom. The van der Waals surface area contributed by atoms with Crippen LogP contribution in [0.25, 0.3) is 0 Å². The second kappa shape index (κ2) is 8.91. The number of rotatable bonds is 6. The number of nitrogens with zero attached hydrogens (tertiary/aromatic N) is 2. The van der Waals surface area contributed by atoms with Gasteiger partial charge in [-0.15, -0.1) is 0 Å². The number of hydrogen-bond acceptors (Lipinski definition) is 6. The van der Waals surface area contributed by atoms with Gasteiger partial charge in [-0.1, -0.05) is 60.3 Å². The summed E-state index contributed by atoms with van der Waals surface area (Å²) in [6, 6.07) is 14.6. The van der Waals surface area contributed by atoms with Crippen molar-refractivity contribution >= 4 is 23.9 Å². The maximum Gasteiger partial charge on any atom is 0.342 e. The van der Waals surface area contributed by atoms with Gasteiger partial charge in [0.15, 0.2) is 5.03 Å². The van der Waals surface area contributed by atoms with Gasteiger partial charge in [-0.2, -0.15) is 10.2 Å². The quantitative estimate of drug-likeness (QED) is 0.330. The molecule has 0 saturated heterocycles. The smallest absolute Gasteiger partial charge is 0.271 e. The first kappa shape index (κ1) is 19.2. The lowest BCUT2D eigenvalue weighted by atomic mass is 10.1. The van der Waals surface area contributed by atoms with Gasteiger partial charge >= 0.3 is 5.69 Å². The summed E-state index contributed by atoms with van der Waals surface area (Å²) in [5.41, 5.74) is 1.69. The minimum Gasteiger partial charge on any atom is -0.271 e. The lowest BCUT2D eigenvalue weighted by molar-refractivity contribution is -0.120. The largest absolute Gasteiger partial charge is 0.342 e. The van der Waals surface area contributed by atoms with Gasteiger partial charge in [-0.05, 0) is 11.6 Å². The van der Waals surface area contributed by atoms with Gasteiger partial charge in [0.1, 0.15) is 11.1 Å². The van der Waals surface area contributed by atoms with Crippen LogP contribution in [0, 0.1) is 5.82 Å². The fourth-order valence-corrected chi connectivity index (χ4v) is 3.17. The molecule has 1 unspecified atom stereocenters. The molecule has 2 aromatic carbocycles. The molecule has 1 heterocycles. The lowest BCUT2D eigenvalue weighted by Crippen LogP contribution is -2.28. The molecular weight excluding hydrogens is 385 g/mol. The molecule has 0 fully saturated rings. The van der Waals surface area contributed by atoms with Crippen LogP contribution in [0.4, 0.5) is 4.39 Å². The average Bonchev–Trinajstić information content (AvgIpc) is 2.69. The van der Waals surface area contributed by atoms with Crippen molar-refractivity contribution in [2.24, 2.45) is 5.10 Å². The maximum atomic E-state index is 13.6. The van der Waals surface area contributed by atoms with E-state index < -0.39 is 28.2 Å². The molecular formula is C18H14FN5O3S. The van der Waals surface area contributed by atoms with E-state index in [1.54, 1.807) is 42.5 Å². The van der Waals surface area contributed by atoms with Crippen molar-refractivity contribution < 1.29 is 9.18 Å². The van der Waals surface area contributed by atoms with Crippen LogP contribution in [0.5, 0.6) is 0 Å². The van der Waals surface area contributed by atoms with Gasteiger partial charge < -0.3 is 0 Å². The predicted octanol–water partition coefficient (Wildman–Crippen LogP) is 1.58. The van der Waals surface area contributed by atoms with E-state index in [1.165, 1.54) is 18.3 Å². The summed E-state index contributed by atoms with van der Waals surface area (Å²) in [5.74, 6) is -1.02. The zero-order valence-electron chi connectivity index (χ0n) is 14.3. The highest BCUT2D eigenvalue weighted by Gasteiger charge is 2.24. The average molecular weight is 399 g/mol. The first-order valence-electron chi connectivity index (χ1n) is 8.02. The van der Waals surface area contributed by atoms with E-state index in [9.17, 15) is 18.8 Å². The van der Waals surface area contributed by atoms with Crippen molar-refractivity contribution in [2.45, 2.75) is 10.3 Å². The zero-order chi connectivity index (χ0) is 19.9. The summed E-state index contributed by atoms with van der Waals surface area (Å²) >= 11 is 0.850. The highest BCUT2D eigenvalue weighted by molar-refractivity contribution is 8.00. The second-order valence-electron chi connectivity index (χ2n) is 5.48. The van der Waals surface area contributed by atoms with E-state index in [1.807, 2.05) is 0 Å². The predicted molar refractivity (Wildman–Crippen MR) is 103 cm³/mol. The molecule has 1 amide bonds. The van der Waals surface area contributed by atoms with Gasteiger partial charge in [0.2, 0.25) is 0 Å². The van der Waals surface area contributed by atoms with E-state index in [0.29, 0.717) is 5.56 Å². The number of halogens is 1. The van der Waals surface area contributed by atoms with Gasteiger partial charge in [-0.25, -0.2) is 19.7 Å². The fraction of sp³-hybridized carbons (Fsp3) is 0.0556. The Bertz CT molecular complexity index is 1110. The van der Waals surface area contributed by atoms with E-state index in [4.69, 9.17) is 0 Å². The number of hydrazone groups is 1. The molecule has 3 aromatic rings. The molecule has 0 bridgehead atoms. The Balaban J connectivity index is 1.82. The molecule has 142 valence electrons.